The lowest BCUT2D eigenvalue weighted by atomic mass is 9.82. The van der Waals surface area contributed by atoms with Gasteiger partial charge in [-0.2, -0.15) is 0 Å². The van der Waals surface area contributed by atoms with E-state index in [2.05, 4.69) is 58.0 Å². The molecule has 0 bridgehead atoms. The molecule has 1 aromatic carbocycles. The van der Waals surface area contributed by atoms with Crippen LogP contribution in [0.15, 0.2) is 30.3 Å². The fourth-order valence-corrected chi connectivity index (χ4v) is 1.91. The van der Waals surface area contributed by atoms with E-state index in [1.807, 2.05) is 0 Å². The Morgan fingerprint density at radius 2 is 1.64 bits per heavy atom. The Morgan fingerprint density at radius 3 is 2.07 bits per heavy atom. The lowest BCUT2D eigenvalue weighted by molar-refractivity contribution is 0.432. The Balaban J connectivity index is 2.78. The third-order valence-electron chi connectivity index (χ3n) is 2.64. The fraction of sp³-hybridized carbons (Fsp3) is 0.500. The fourth-order valence-electron chi connectivity index (χ4n) is 1.91. The van der Waals surface area contributed by atoms with Crippen molar-refractivity contribution in [1.82, 2.24) is 0 Å². The molecule has 0 heterocycles. The summed E-state index contributed by atoms with van der Waals surface area (Å²) >= 11 is 0. The van der Waals surface area contributed by atoms with Gasteiger partial charge in [-0.3, -0.25) is 0 Å². The van der Waals surface area contributed by atoms with Gasteiger partial charge >= 0.3 is 0 Å². The number of hydrogen-bond donors (Lipinski definition) is 0. The molecule has 0 aliphatic heterocycles. The first-order valence-corrected chi connectivity index (χ1v) is 5.49. The number of rotatable bonds is 4. The van der Waals surface area contributed by atoms with Crippen LogP contribution >= 0.6 is 0 Å². The van der Waals surface area contributed by atoms with E-state index >= 15 is 0 Å². The maximum absolute atomic E-state index is 4.17. The third kappa shape index (κ3) is 3.17. The molecule has 0 amide bonds. The van der Waals surface area contributed by atoms with Gasteiger partial charge in [-0.1, -0.05) is 51.1 Å². The average molecular weight is 189 g/mol. The Labute approximate surface area is 88.4 Å². The maximum Gasteiger partial charge on any atom is -0.0134 e. The first-order valence-electron chi connectivity index (χ1n) is 5.49. The monoisotopic (exact) mass is 189 g/mol. The van der Waals surface area contributed by atoms with Gasteiger partial charge in [-0.15, -0.1) is 0 Å². The predicted molar refractivity (Wildman–Crippen MR) is 63.2 cm³/mol. The molecule has 0 aliphatic rings. The smallest absolute Gasteiger partial charge is 0.0134 e. The van der Waals surface area contributed by atoms with Crippen molar-refractivity contribution in [2.24, 2.45) is 11.8 Å². The minimum absolute atomic E-state index is 0.486. The maximum atomic E-state index is 4.17. The molecule has 2 atom stereocenters. The Kier molecular flexibility index (Phi) is 4.19. The SMILES string of the molecule is [CH2]C(C)C(CC(C)C)c1ccccc1. The van der Waals surface area contributed by atoms with Crippen LogP contribution in [-0.4, -0.2) is 0 Å². The van der Waals surface area contributed by atoms with E-state index < -0.39 is 0 Å². The highest BCUT2D eigenvalue weighted by atomic mass is 14.2. The van der Waals surface area contributed by atoms with Gasteiger partial charge in [-0.25, -0.2) is 0 Å². The van der Waals surface area contributed by atoms with Gasteiger partial charge in [-0.05, 0) is 36.7 Å². The number of benzene rings is 1. The van der Waals surface area contributed by atoms with Crippen molar-refractivity contribution in [3.8, 4) is 0 Å². The van der Waals surface area contributed by atoms with Crippen LogP contribution in [0.1, 0.15) is 38.7 Å². The van der Waals surface area contributed by atoms with Gasteiger partial charge in [0.25, 0.3) is 0 Å². The lowest BCUT2D eigenvalue weighted by Gasteiger charge is -2.23. The summed E-state index contributed by atoms with van der Waals surface area (Å²) in [6.45, 7) is 10.9. The zero-order chi connectivity index (χ0) is 10.6. The summed E-state index contributed by atoms with van der Waals surface area (Å²) in [6.07, 6.45) is 1.23. The van der Waals surface area contributed by atoms with Crippen molar-refractivity contribution in [1.29, 1.82) is 0 Å². The highest BCUT2D eigenvalue weighted by Crippen LogP contribution is 2.30. The number of hydrogen-bond acceptors (Lipinski definition) is 0. The average Bonchev–Trinajstić information content (AvgIpc) is 2.15. The summed E-state index contributed by atoms with van der Waals surface area (Å²) in [6, 6.07) is 10.7. The zero-order valence-corrected chi connectivity index (χ0v) is 9.53. The summed E-state index contributed by atoms with van der Waals surface area (Å²) < 4.78 is 0. The molecule has 14 heavy (non-hydrogen) atoms. The van der Waals surface area contributed by atoms with E-state index in [0.717, 1.165) is 5.92 Å². The highest BCUT2D eigenvalue weighted by Gasteiger charge is 2.16. The molecule has 1 rings (SSSR count). The molecule has 0 saturated carbocycles. The molecular formula is C14H21. The van der Waals surface area contributed by atoms with Crippen molar-refractivity contribution < 1.29 is 0 Å². The molecule has 2 unspecified atom stereocenters. The normalized spacial score (nSPS) is 13.6. The van der Waals surface area contributed by atoms with Gasteiger partial charge in [0.15, 0.2) is 0 Å². The minimum Gasteiger partial charge on any atom is -0.0628 e. The highest BCUT2D eigenvalue weighted by molar-refractivity contribution is 5.20. The van der Waals surface area contributed by atoms with E-state index in [1.54, 1.807) is 0 Å². The van der Waals surface area contributed by atoms with E-state index in [9.17, 15) is 0 Å². The van der Waals surface area contributed by atoms with Crippen LogP contribution in [-0.2, 0) is 0 Å². The van der Waals surface area contributed by atoms with Gasteiger partial charge in [0.05, 0.1) is 0 Å². The van der Waals surface area contributed by atoms with Crippen molar-refractivity contribution >= 4 is 0 Å². The molecule has 0 saturated heterocycles. The van der Waals surface area contributed by atoms with Gasteiger partial charge in [0.2, 0.25) is 0 Å². The van der Waals surface area contributed by atoms with E-state index in [-0.39, 0.29) is 0 Å². The summed E-state index contributed by atoms with van der Waals surface area (Å²) in [5.41, 5.74) is 1.43. The first-order chi connectivity index (χ1) is 6.61. The Bertz CT molecular complexity index is 246. The topological polar surface area (TPSA) is 0 Å². The largest absolute Gasteiger partial charge is 0.0628 e. The summed E-state index contributed by atoms with van der Waals surface area (Å²) in [4.78, 5) is 0. The van der Waals surface area contributed by atoms with Crippen molar-refractivity contribution in [2.75, 3.05) is 0 Å². The summed E-state index contributed by atoms with van der Waals surface area (Å²) in [5.74, 6) is 1.83. The second kappa shape index (κ2) is 5.19. The minimum atomic E-state index is 0.486. The molecular weight excluding hydrogens is 168 g/mol. The van der Waals surface area contributed by atoms with Crippen molar-refractivity contribution in [3.63, 3.8) is 0 Å². The second-order valence-corrected chi connectivity index (χ2v) is 4.62. The van der Waals surface area contributed by atoms with Crippen LogP contribution in [0, 0.1) is 18.8 Å². The molecule has 0 aliphatic carbocycles. The van der Waals surface area contributed by atoms with Crippen molar-refractivity contribution in [2.45, 2.75) is 33.1 Å². The Hall–Kier alpha value is -0.780. The quantitative estimate of drug-likeness (QED) is 0.663. The molecule has 0 nitrogen and oxygen atoms in total. The molecule has 0 aromatic heterocycles. The van der Waals surface area contributed by atoms with Crippen molar-refractivity contribution in [3.05, 3.63) is 42.8 Å². The Morgan fingerprint density at radius 1 is 1.07 bits per heavy atom. The van der Waals surface area contributed by atoms with Crippen LogP contribution in [0.25, 0.3) is 0 Å². The first kappa shape index (κ1) is 11.3. The second-order valence-electron chi connectivity index (χ2n) is 4.62. The summed E-state index contributed by atoms with van der Waals surface area (Å²) in [7, 11) is 0. The zero-order valence-electron chi connectivity index (χ0n) is 9.53. The van der Waals surface area contributed by atoms with Crippen LogP contribution in [0.3, 0.4) is 0 Å². The van der Waals surface area contributed by atoms with Gasteiger partial charge in [0, 0.05) is 0 Å². The molecule has 0 heteroatoms. The molecule has 77 valence electrons. The molecule has 1 radical (unpaired) electrons. The van der Waals surface area contributed by atoms with Crippen LogP contribution in [0.4, 0.5) is 0 Å². The van der Waals surface area contributed by atoms with E-state index in [4.69, 9.17) is 0 Å². The van der Waals surface area contributed by atoms with Gasteiger partial charge < -0.3 is 0 Å². The molecule has 0 N–H and O–H groups in total. The summed E-state index contributed by atoms with van der Waals surface area (Å²) in [5, 5.41) is 0. The standard InChI is InChI=1S/C14H21/c1-11(2)10-14(12(3)4)13-8-6-5-7-9-13/h5-9,11-12,14H,3,10H2,1-2,4H3. The van der Waals surface area contributed by atoms with E-state index in [0.29, 0.717) is 11.8 Å². The van der Waals surface area contributed by atoms with Crippen LogP contribution in [0.5, 0.6) is 0 Å². The third-order valence-corrected chi connectivity index (χ3v) is 2.64. The van der Waals surface area contributed by atoms with E-state index in [1.165, 1.54) is 12.0 Å². The molecule has 0 spiro atoms. The lowest BCUT2D eigenvalue weighted by Crippen LogP contribution is -2.09. The van der Waals surface area contributed by atoms with Crippen LogP contribution < -0.4 is 0 Å². The molecule has 1 aromatic rings. The van der Waals surface area contributed by atoms with Gasteiger partial charge in [0.1, 0.15) is 0 Å². The predicted octanol–water partition coefficient (Wildman–Crippen LogP) is 4.29. The molecule has 0 fully saturated rings. The van der Waals surface area contributed by atoms with Crippen LogP contribution in [0.2, 0.25) is 0 Å².